The summed E-state index contributed by atoms with van der Waals surface area (Å²) in [4.78, 5) is 15.7. The molecule has 0 saturated heterocycles. The first-order valence-electron chi connectivity index (χ1n) is 6.61. The van der Waals surface area contributed by atoms with Crippen molar-refractivity contribution in [2.75, 3.05) is 6.61 Å². The highest BCUT2D eigenvalue weighted by Gasteiger charge is 2.17. The van der Waals surface area contributed by atoms with Crippen LogP contribution in [-0.2, 0) is 0 Å². The standard InChI is InChI=1S/C16H15NO2S/c1-2-7-19-14-5-3-4-13-15(14)12(9-17-13)16(18)11-6-8-20-10-11/h3-6,8-10,17H,2,7H2,1H3. The molecule has 0 radical (unpaired) electrons. The van der Waals surface area contributed by atoms with Crippen LogP contribution >= 0.6 is 11.3 Å². The van der Waals surface area contributed by atoms with Crippen LogP contribution in [0.15, 0.2) is 41.2 Å². The summed E-state index contributed by atoms with van der Waals surface area (Å²) < 4.78 is 5.77. The van der Waals surface area contributed by atoms with E-state index in [9.17, 15) is 4.79 Å². The number of aromatic nitrogens is 1. The first kappa shape index (κ1) is 12.9. The van der Waals surface area contributed by atoms with Gasteiger partial charge in [-0.3, -0.25) is 4.79 Å². The third kappa shape index (κ3) is 2.23. The summed E-state index contributed by atoms with van der Waals surface area (Å²) in [5.74, 6) is 0.800. The normalized spacial score (nSPS) is 10.8. The summed E-state index contributed by atoms with van der Waals surface area (Å²) in [6, 6.07) is 7.65. The highest BCUT2D eigenvalue weighted by Crippen LogP contribution is 2.30. The fraction of sp³-hybridized carbons (Fsp3) is 0.188. The fourth-order valence-electron chi connectivity index (χ4n) is 2.21. The molecule has 0 atom stereocenters. The molecule has 1 N–H and O–H groups in total. The number of hydrogen-bond acceptors (Lipinski definition) is 3. The molecule has 0 fully saturated rings. The Morgan fingerprint density at radius 3 is 3.00 bits per heavy atom. The highest BCUT2D eigenvalue weighted by molar-refractivity contribution is 7.08. The van der Waals surface area contributed by atoms with E-state index in [1.807, 2.05) is 35.0 Å². The smallest absolute Gasteiger partial charge is 0.196 e. The van der Waals surface area contributed by atoms with Crippen molar-refractivity contribution in [1.29, 1.82) is 0 Å². The van der Waals surface area contributed by atoms with Crippen LogP contribution in [0.3, 0.4) is 0 Å². The van der Waals surface area contributed by atoms with Crippen molar-refractivity contribution in [3.8, 4) is 5.75 Å². The van der Waals surface area contributed by atoms with Gasteiger partial charge in [-0.15, -0.1) is 0 Å². The predicted molar refractivity (Wildman–Crippen MR) is 81.8 cm³/mol. The van der Waals surface area contributed by atoms with Crippen molar-refractivity contribution < 1.29 is 9.53 Å². The van der Waals surface area contributed by atoms with Gasteiger partial charge < -0.3 is 9.72 Å². The zero-order valence-corrected chi connectivity index (χ0v) is 12.0. The van der Waals surface area contributed by atoms with E-state index < -0.39 is 0 Å². The topological polar surface area (TPSA) is 42.1 Å². The monoisotopic (exact) mass is 285 g/mol. The zero-order valence-electron chi connectivity index (χ0n) is 11.2. The molecule has 0 amide bonds. The molecule has 102 valence electrons. The van der Waals surface area contributed by atoms with Gasteiger partial charge in [-0.2, -0.15) is 11.3 Å². The van der Waals surface area contributed by atoms with Crippen LogP contribution in [-0.4, -0.2) is 17.4 Å². The molecule has 3 nitrogen and oxygen atoms in total. The Balaban J connectivity index is 2.09. The van der Waals surface area contributed by atoms with Crippen LogP contribution in [0.5, 0.6) is 5.75 Å². The van der Waals surface area contributed by atoms with Gasteiger partial charge in [-0.25, -0.2) is 0 Å². The minimum atomic E-state index is 0.0325. The summed E-state index contributed by atoms with van der Waals surface area (Å²) in [5, 5.41) is 4.66. The Morgan fingerprint density at radius 1 is 1.35 bits per heavy atom. The van der Waals surface area contributed by atoms with Gasteiger partial charge in [0.25, 0.3) is 0 Å². The molecule has 0 aliphatic heterocycles. The van der Waals surface area contributed by atoms with E-state index in [0.29, 0.717) is 12.2 Å². The molecule has 3 rings (SSSR count). The van der Waals surface area contributed by atoms with E-state index in [1.165, 1.54) is 11.3 Å². The summed E-state index contributed by atoms with van der Waals surface area (Å²) in [5.41, 5.74) is 2.32. The second-order valence-corrected chi connectivity index (χ2v) is 5.35. The molecule has 0 unspecified atom stereocenters. The Kier molecular flexibility index (Phi) is 3.56. The van der Waals surface area contributed by atoms with Crippen LogP contribution in [0.1, 0.15) is 29.3 Å². The number of ketones is 1. The second kappa shape index (κ2) is 5.51. The minimum absolute atomic E-state index is 0.0325. The Hall–Kier alpha value is -2.07. The molecule has 0 aliphatic carbocycles. The molecule has 20 heavy (non-hydrogen) atoms. The number of hydrogen-bond donors (Lipinski definition) is 1. The van der Waals surface area contributed by atoms with Crippen LogP contribution in [0, 0.1) is 0 Å². The maximum atomic E-state index is 12.5. The average molecular weight is 285 g/mol. The number of nitrogens with one attached hydrogen (secondary N) is 1. The number of rotatable bonds is 5. The first-order chi connectivity index (χ1) is 9.81. The lowest BCUT2D eigenvalue weighted by Gasteiger charge is -2.07. The summed E-state index contributed by atoms with van der Waals surface area (Å²) in [6.45, 7) is 2.71. The van der Waals surface area contributed by atoms with E-state index in [-0.39, 0.29) is 5.78 Å². The lowest BCUT2D eigenvalue weighted by Crippen LogP contribution is -2.00. The molecule has 0 spiro atoms. The molecular formula is C16H15NO2S. The molecule has 2 heterocycles. The quantitative estimate of drug-likeness (QED) is 0.712. The molecule has 0 bridgehead atoms. The third-order valence-corrected chi connectivity index (χ3v) is 3.84. The van der Waals surface area contributed by atoms with Gasteiger partial charge in [0, 0.05) is 22.7 Å². The minimum Gasteiger partial charge on any atom is -0.493 e. The number of carbonyl (C=O) groups is 1. The van der Waals surface area contributed by atoms with Gasteiger partial charge in [-0.1, -0.05) is 13.0 Å². The molecule has 0 aliphatic rings. The molecule has 1 aromatic carbocycles. The van der Waals surface area contributed by atoms with Gasteiger partial charge in [0.05, 0.1) is 17.6 Å². The van der Waals surface area contributed by atoms with Crippen molar-refractivity contribution >= 4 is 28.0 Å². The molecule has 2 aromatic heterocycles. The van der Waals surface area contributed by atoms with Gasteiger partial charge in [-0.05, 0) is 30.0 Å². The van der Waals surface area contributed by atoms with Crippen molar-refractivity contribution in [3.05, 3.63) is 52.3 Å². The van der Waals surface area contributed by atoms with E-state index in [2.05, 4.69) is 11.9 Å². The Bertz CT molecular complexity index is 728. The number of thiophene rings is 1. The molecular weight excluding hydrogens is 270 g/mol. The van der Waals surface area contributed by atoms with Gasteiger partial charge in [0.2, 0.25) is 0 Å². The Labute approximate surface area is 121 Å². The summed E-state index contributed by atoms with van der Waals surface area (Å²) in [7, 11) is 0. The highest BCUT2D eigenvalue weighted by atomic mass is 32.1. The SMILES string of the molecule is CCCOc1cccc2[nH]cc(C(=O)c3ccsc3)c12. The summed E-state index contributed by atoms with van der Waals surface area (Å²) in [6.07, 6.45) is 2.71. The maximum Gasteiger partial charge on any atom is 0.196 e. The summed E-state index contributed by atoms with van der Waals surface area (Å²) >= 11 is 1.53. The number of ether oxygens (including phenoxy) is 1. The van der Waals surface area contributed by atoms with Crippen LogP contribution < -0.4 is 4.74 Å². The van der Waals surface area contributed by atoms with E-state index in [4.69, 9.17) is 4.74 Å². The molecule has 4 heteroatoms. The van der Waals surface area contributed by atoms with E-state index in [1.54, 1.807) is 6.20 Å². The third-order valence-electron chi connectivity index (χ3n) is 3.16. The van der Waals surface area contributed by atoms with E-state index >= 15 is 0 Å². The van der Waals surface area contributed by atoms with Crippen LogP contribution in [0.4, 0.5) is 0 Å². The van der Waals surface area contributed by atoms with Crippen molar-refractivity contribution in [1.82, 2.24) is 4.98 Å². The molecule has 0 saturated carbocycles. The number of fused-ring (bicyclic) bond motifs is 1. The lowest BCUT2D eigenvalue weighted by atomic mass is 10.0. The fourth-order valence-corrected chi connectivity index (χ4v) is 2.85. The Morgan fingerprint density at radius 2 is 2.25 bits per heavy atom. The van der Waals surface area contributed by atoms with Gasteiger partial charge >= 0.3 is 0 Å². The molecule has 3 aromatic rings. The largest absolute Gasteiger partial charge is 0.493 e. The van der Waals surface area contributed by atoms with Crippen molar-refractivity contribution in [2.45, 2.75) is 13.3 Å². The number of carbonyl (C=O) groups excluding carboxylic acids is 1. The number of H-pyrrole nitrogens is 1. The van der Waals surface area contributed by atoms with Gasteiger partial charge in [0.1, 0.15) is 5.75 Å². The average Bonchev–Trinajstić information content (AvgIpc) is 3.13. The van der Waals surface area contributed by atoms with Crippen molar-refractivity contribution in [3.63, 3.8) is 0 Å². The van der Waals surface area contributed by atoms with Crippen LogP contribution in [0.25, 0.3) is 10.9 Å². The number of benzene rings is 1. The number of aromatic amines is 1. The predicted octanol–water partition coefficient (Wildman–Crippen LogP) is 4.25. The van der Waals surface area contributed by atoms with Gasteiger partial charge in [0.15, 0.2) is 5.78 Å². The first-order valence-corrected chi connectivity index (χ1v) is 7.55. The van der Waals surface area contributed by atoms with Crippen molar-refractivity contribution in [2.24, 2.45) is 0 Å². The maximum absolute atomic E-state index is 12.5. The zero-order chi connectivity index (χ0) is 13.9. The van der Waals surface area contributed by atoms with Crippen LogP contribution in [0.2, 0.25) is 0 Å². The van der Waals surface area contributed by atoms with E-state index in [0.717, 1.165) is 28.6 Å². The lowest BCUT2D eigenvalue weighted by molar-refractivity contribution is 0.104. The second-order valence-electron chi connectivity index (χ2n) is 4.57.